The standard InChI is InChI=1S/C13H11ClN4O3/c1-8-4-10(17-7-16-8)6-15-13(19)11-5-9(14)2-3-12(11)18(20)21/h2-5,7H,6H2,1H3,(H,15,19). The quantitative estimate of drug-likeness (QED) is 0.690. The van der Waals surface area contributed by atoms with Crippen LogP contribution in [0.1, 0.15) is 21.7 Å². The number of carbonyl (C=O) groups excluding carboxylic acids is 1. The predicted octanol–water partition coefficient (Wildman–Crippen LogP) is 2.28. The third kappa shape index (κ3) is 3.73. The predicted molar refractivity (Wildman–Crippen MR) is 76.0 cm³/mol. The van der Waals surface area contributed by atoms with E-state index in [1.54, 1.807) is 13.0 Å². The van der Waals surface area contributed by atoms with Gasteiger partial charge >= 0.3 is 0 Å². The van der Waals surface area contributed by atoms with Crippen LogP contribution in [0.25, 0.3) is 0 Å². The van der Waals surface area contributed by atoms with Gasteiger partial charge < -0.3 is 5.32 Å². The van der Waals surface area contributed by atoms with Crippen molar-refractivity contribution in [3.8, 4) is 0 Å². The molecule has 0 unspecified atom stereocenters. The van der Waals surface area contributed by atoms with Crippen molar-refractivity contribution >= 4 is 23.2 Å². The maximum absolute atomic E-state index is 12.1. The number of halogens is 1. The zero-order valence-corrected chi connectivity index (χ0v) is 11.8. The molecule has 0 aliphatic carbocycles. The number of nitrogens with zero attached hydrogens (tertiary/aromatic N) is 3. The van der Waals surface area contributed by atoms with E-state index in [0.717, 1.165) is 5.69 Å². The molecular weight excluding hydrogens is 296 g/mol. The number of aryl methyl sites for hydroxylation is 1. The second-order valence-electron chi connectivity index (χ2n) is 4.25. The summed E-state index contributed by atoms with van der Waals surface area (Å²) in [6.07, 6.45) is 1.39. The van der Waals surface area contributed by atoms with Gasteiger partial charge in [-0.05, 0) is 25.1 Å². The zero-order valence-electron chi connectivity index (χ0n) is 11.0. The molecule has 1 amide bonds. The fourth-order valence-corrected chi connectivity index (χ4v) is 1.89. The van der Waals surface area contributed by atoms with Gasteiger partial charge in [0.15, 0.2) is 0 Å². The van der Waals surface area contributed by atoms with Gasteiger partial charge in [-0.15, -0.1) is 0 Å². The lowest BCUT2D eigenvalue weighted by Crippen LogP contribution is -2.24. The summed E-state index contributed by atoms with van der Waals surface area (Å²) in [4.78, 5) is 30.3. The van der Waals surface area contributed by atoms with Crippen LogP contribution in [0.4, 0.5) is 5.69 Å². The van der Waals surface area contributed by atoms with Crippen molar-refractivity contribution in [3.05, 3.63) is 62.7 Å². The van der Waals surface area contributed by atoms with Crippen molar-refractivity contribution in [2.45, 2.75) is 13.5 Å². The Morgan fingerprint density at radius 2 is 2.14 bits per heavy atom. The molecule has 0 fully saturated rings. The normalized spacial score (nSPS) is 10.2. The van der Waals surface area contributed by atoms with Gasteiger partial charge in [0.05, 0.1) is 17.2 Å². The monoisotopic (exact) mass is 306 g/mol. The lowest BCUT2D eigenvalue weighted by molar-refractivity contribution is -0.385. The number of rotatable bonds is 4. The van der Waals surface area contributed by atoms with Gasteiger partial charge in [-0.3, -0.25) is 14.9 Å². The van der Waals surface area contributed by atoms with Crippen molar-refractivity contribution in [3.63, 3.8) is 0 Å². The summed E-state index contributed by atoms with van der Waals surface area (Å²) in [7, 11) is 0. The highest BCUT2D eigenvalue weighted by atomic mass is 35.5. The maximum atomic E-state index is 12.1. The first-order chi connectivity index (χ1) is 9.97. The molecule has 0 spiro atoms. The van der Waals surface area contributed by atoms with E-state index in [0.29, 0.717) is 5.69 Å². The Kier molecular flexibility index (Phi) is 4.44. The molecule has 21 heavy (non-hydrogen) atoms. The van der Waals surface area contributed by atoms with Crippen LogP contribution in [0.15, 0.2) is 30.6 Å². The fourth-order valence-electron chi connectivity index (χ4n) is 1.72. The molecule has 1 heterocycles. The van der Waals surface area contributed by atoms with Gasteiger partial charge in [0.1, 0.15) is 11.9 Å². The number of nitro groups is 1. The van der Waals surface area contributed by atoms with Crippen molar-refractivity contribution in [1.29, 1.82) is 0 Å². The van der Waals surface area contributed by atoms with Crippen LogP contribution in [-0.2, 0) is 6.54 Å². The topological polar surface area (TPSA) is 98.0 Å². The molecule has 108 valence electrons. The molecular formula is C13H11ClN4O3. The van der Waals surface area contributed by atoms with Gasteiger partial charge in [0.25, 0.3) is 11.6 Å². The number of hydrogen-bond acceptors (Lipinski definition) is 5. The van der Waals surface area contributed by atoms with Gasteiger partial charge in [-0.2, -0.15) is 0 Å². The van der Waals surface area contributed by atoms with E-state index >= 15 is 0 Å². The van der Waals surface area contributed by atoms with Crippen molar-refractivity contribution in [1.82, 2.24) is 15.3 Å². The second-order valence-corrected chi connectivity index (χ2v) is 4.69. The summed E-state index contributed by atoms with van der Waals surface area (Å²) < 4.78 is 0. The van der Waals surface area contributed by atoms with Gasteiger partial charge in [-0.1, -0.05) is 11.6 Å². The highest BCUT2D eigenvalue weighted by Crippen LogP contribution is 2.22. The molecule has 2 rings (SSSR count). The minimum Gasteiger partial charge on any atom is -0.346 e. The van der Waals surface area contributed by atoms with E-state index in [1.807, 2.05) is 0 Å². The fraction of sp³-hybridized carbons (Fsp3) is 0.154. The Morgan fingerprint density at radius 1 is 1.38 bits per heavy atom. The summed E-state index contributed by atoms with van der Waals surface area (Å²) in [5.74, 6) is -0.583. The minimum atomic E-state index is -0.625. The van der Waals surface area contributed by atoms with Gasteiger partial charge in [0, 0.05) is 16.8 Å². The number of carbonyl (C=O) groups is 1. The van der Waals surface area contributed by atoms with Crippen LogP contribution in [0.2, 0.25) is 5.02 Å². The van der Waals surface area contributed by atoms with E-state index in [1.165, 1.54) is 24.5 Å². The highest BCUT2D eigenvalue weighted by molar-refractivity contribution is 6.31. The molecule has 1 aromatic carbocycles. The Balaban J connectivity index is 2.17. The average Bonchev–Trinajstić information content (AvgIpc) is 2.44. The first kappa shape index (κ1) is 14.9. The molecule has 0 saturated heterocycles. The molecule has 0 bridgehead atoms. The maximum Gasteiger partial charge on any atom is 0.282 e. The summed E-state index contributed by atoms with van der Waals surface area (Å²) in [6, 6.07) is 5.54. The van der Waals surface area contributed by atoms with E-state index in [-0.39, 0.29) is 22.8 Å². The van der Waals surface area contributed by atoms with Crippen LogP contribution >= 0.6 is 11.6 Å². The number of amides is 1. The Hall–Kier alpha value is -2.54. The third-order valence-corrected chi connectivity index (χ3v) is 2.93. The number of benzene rings is 1. The first-order valence-electron chi connectivity index (χ1n) is 5.97. The van der Waals surface area contributed by atoms with Crippen molar-refractivity contribution in [2.75, 3.05) is 0 Å². The summed E-state index contributed by atoms with van der Waals surface area (Å²) >= 11 is 5.78. The van der Waals surface area contributed by atoms with Crippen LogP contribution in [0, 0.1) is 17.0 Å². The Bertz CT molecular complexity index is 706. The van der Waals surface area contributed by atoms with Gasteiger partial charge in [0.2, 0.25) is 0 Å². The van der Waals surface area contributed by atoms with E-state index in [9.17, 15) is 14.9 Å². The van der Waals surface area contributed by atoms with E-state index < -0.39 is 10.8 Å². The van der Waals surface area contributed by atoms with Crippen LogP contribution in [0.5, 0.6) is 0 Å². The molecule has 2 aromatic rings. The highest BCUT2D eigenvalue weighted by Gasteiger charge is 2.20. The molecule has 0 saturated carbocycles. The average molecular weight is 307 g/mol. The smallest absolute Gasteiger partial charge is 0.282 e. The van der Waals surface area contributed by atoms with Crippen LogP contribution in [0.3, 0.4) is 0 Å². The van der Waals surface area contributed by atoms with Crippen molar-refractivity contribution in [2.24, 2.45) is 0 Å². The summed E-state index contributed by atoms with van der Waals surface area (Å²) in [5.41, 5.74) is 0.998. The van der Waals surface area contributed by atoms with E-state index in [4.69, 9.17) is 11.6 Å². The molecule has 7 nitrogen and oxygen atoms in total. The van der Waals surface area contributed by atoms with Gasteiger partial charge in [-0.25, -0.2) is 9.97 Å². The van der Waals surface area contributed by atoms with Crippen LogP contribution in [-0.4, -0.2) is 20.8 Å². The molecule has 0 aliphatic rings. The molecule has 0 atom stereocenters. The zero-order chi connectivity index (χ0) is 15.4. The summed E-state index contributed by atoms with van der Waals surface area (Å²) in [5, 5.41) is 13.7. The number of nitro benzene ring substituents is 1. The number of nitrogens with one attached hydrogen (secondary N) is 1. The van der Waals surface area contributed by atoms with Crippen LogP contribution < -0.4 is 5.32 Å². The van der Waals surface area contributed by atoms with Crippen molar-refractivity contribution < 1.29 is 9.72 Å². The molecule has 0 radical (unpaired) electrons. The molecule has 1 aromatic heterocycles. The number of aromatic nitrogens is 2. The SMILES string of the molecule is Cc1cc(CNC(=O)c2cc(Cl)ccc2[N+](=O)[O-])ncn1. The lowest BCUT2D eigenvalue weighted by atomic mass is 10.1. The Labute approximate surface area is 125 Å². The molecule has 8 heteroatoms. The molecule has 0 aliphatic heterocycles. The largest absolute Gasteiger partial charge is 0.346 e. The lowest BCUT2D eigenvalue weighted by Gasteiger charge is -2.06. The van der Waals surface area contributed by atoms with E-state index in [2.05, 4.69) is 15.3 Å². The second kappa shape index (κ2) is 6.27. The molecule has 1 N–H and O–H groups in total. The first-order valence-corrected chi connectivity index (χ1v) is 6.35. The Morgan fingerprint density at radius 3 is 2.81 bits per heavy atom. The minimum absolute atomic E-state index is 0.0849. The number of hydrogen-bond donors (Lipinski definition) is 1. The third-order valence-electron chi connectivity index (χ3n) is 2.69. The summed E-state index contributed by atoms with van der Waals surface area (Å²) in [6.45, 7) is 1.95.